The van der Waals surface area contributed by atoms with Gasteiger partial charge in [0.05, 0.1) is 23.7 Å². The standard InChI is InChI=1S/C28H29N3O4/c1-5-25(27(32)29-21-11-6-18(7-12-21)17(2)3)35-28(33)20-10-15-23-24(16-20)31-26(30-23)19-8-13-22(34-4)14-9-19/h6-17,25H,5H2,1-4H3,(H,29,32)(H,30,31). The number of carbonyl (C=O) groups excluding carboxylic acids is 2. The lowest BCUT2D eigenvalue weighted by molar-refractivity contribution is -0.124. The molecular formula is C28H29N3O4. The number of aromatic amines is 1. The Labute approximate surface area is 204 Å². The van der Waals surface area contributed by atoms with E-state index in [1.54, 1.807) is 32.2 Å². The number of ether oxygens (including phenoxy) is 2. The zero-order chi connectivity index (χ0) is 24.9. The third-order valence-electron chi connectivity index (χ3n) is 5.84. The number of imidazole rings is 1. The molecule has 1 heterocycles. The van der Waals surface area contributed by atoms with Crippen LogP contribution in [0.25, 0.3) is 22.4 Å². The number of H-pyrrole nitrogens is 1. The lowest BCUT2D eigenvalue weighted by Crippen LogP contribution is -2.32. The molecule has 180 valence electrons. The van der Waals surface area contributed by atoms with Gasteiger partial charge in [-0.3, -0.25) is 4.79 Å². The van der Waals surface area contributed by atoms with Gasteiger partial charge in [0.1, 0.15) is 11.6 Å². The van der Waals surface area contributed by atoms with Gasteiger partial charge in [0, 0.05) is 11.3 Å². The van der Waals surface area contributed by atoms with Gasteiger partial charge in [0.25, 0.3) is 5.91 Å². The first-order chi connectivity index (χ1) is 16.9. The fraction of sp³-hybridized carbons (Fsp3) is 0.250. The van der Waals surface area contributed by atoms with E-state index in [0.717, 1.165) is 16.8 Å². The van der Waals surface area contributed by atoms with Gasteiger partial charge in [0.2, 0.25) is 0 Å². The number of hydrogen-bond acceptors (Lipinski definition) is 5. The van der Waals surface area contributed by atoms with Crippen LogP contribution in [0.4, 0.5) is 5.69 Å². The first-order valence-corrected chi connectivity index (χ1v) is 11.6. The minimum atomic E-state index is -0.903. The minimum Gasteiger partial charge on any atom is -0.497 e. The van der Waals surface area contributed by atoms with Crippen molar-refractivity contribution in [2.75, 3.05) is 12.4 Å². The zero-order valence-electron chi connectivity index (χ0n) is 20.3. The molecule has 0 aliphatic carbocycles. The van der Waals surface area contributed by atoms with Crippen LogP contribution in [0, 0.1) is 0 Å². The van der Waals surface area contributed by atoms with Crippen LogP contribution in [0.5, 0.6) is 5.75 Å². The summed E-state index contributed by atoms with van der Waals surface area (Å²) in [5.74, 6) is 0.926. The maximum atomic E-state index is 12.8. The quantitative estimate of drug-likeness (QED) is 0.310. The van der Waals surface area contributed by atoms with E-state index in [2.05, 4.69) is 29.1 Å². The van der Waals surface area contributed by atoms with Crippen molar-refractivity contribution in [3.8, 4) is 17.1 Å². The molecule has 7 nitrogen and oxygen atoms in total. The number of nitrogens with one attached hydrogen (secondary N) is 2. The highest BCUT2D eigenvalue weighted by Crippen LogP contribution is 2.24. The predicted molar refractivity (Wildman–Crippen MR) is 137 cm³/mol. The van der Waals surface area contributed by atoms with Crippen LogP contribution in [0.2, 0.25) is 0 Å². The molecule has 4 rings (SSSR count). The second-order valence-electron chi connectivity index (χ2n) is 8.61. The summed E-state index contributed by atoms with van der Waals surface area (Å²) in [4.78, 5) is 33.4. The molecule has 0 saturated carbocycles. The predicted octanol–water partition coefficient (Wildman–Crippen LogP) is 5.94. The number of anilines is 1. The number of nitrogens with zero attached hydrogens (tertiary/aromatic N) is 1. The normalized spacial score (nSPS) is 11.9. The molecule has 2 N–H and O–H groups in total. The highest BCUT2D eigenvalue weighted by Gasteiger charge is 2.22. The molecule has 1 atom stereocenters. The van der Waals surface area contributed by atoms with Gasteiger partial charge in [-0.25, -0.2) is 9.78 Å². The first kappa shape index (κ1) is 24.0. The third kappa shape index (κ3) is 5.51. The Morgan fingerprint density at radius 3 is 2.34 bits per heavy atom. The molecule has 3 aromatic carbocycles. The average molecular weight is 472 g/mol. The molecular weight excluding hydrogens is 442 g/mol. The van der Waals surface area contributed by atoms with Crippen LogP contribution in [0.15, 0.2) is 66.7 Å². The van der Waals surface area contributed by atoms with E-state index >= 15 is 0 Å². The largest absolute Gasteiger partial charge is 0.497 e. The first-order valence-electron chi connectivity index (χ1n) is 11.6. The number of aromatic nitrogens is 2. The second-order valence-corrected chi connectivity index (χ2v) is 8.61. The Bertz CT molecular complexity index is 1320. The van der Waals surface area contributed by atoms with Crippen LogP contribution in [0.1, 0.15) is 49.0 Å². The molecule has 0 aliphatic rings. The van der Waals surface area contributed by atoms with Crippen LogP contribution in [-0.4, -0.2) is 35.1 Å². The number of fused-ring (bicyclic) bond motifs is 1. The van der Waals surface area contributed by atoms with Gasteiger partial charge >= 0.3 is 5.97 Å². The summed E-state index contributed by atoms with van der Waals surface area (Å²) in [5.41, 5.74) is 4.52. The van der Waals surface area contributed by atoms with E-state index in [1.807, 2.05) is 48.5 Å². The van der Waals surface area contributed by atoms with Crippen molar-refractivity contribution >= 4 is 28.6 Å². The number of amides is 1. The van der Waals surface area contributed by atoms with Crippen LogP contribution in [-0.2, 0) is 9.53 Å². The number of esters is 1. The van der Waals surface area contributed by atoms with Gasteiger partial charge in [-0.15, -0.1) is 0 Å². The Morgan fingerprint density at radius 2 is 1.71 bits per heavy atom. The molecule has 1 aromatic heterocycles. The Kier molecular flexibility index (Phi) is 7.15. The lowest BCUT2D eigenvalue weighted by Gasteiger charge is -2.16. The Hall–Kier alpha value is -4.13. The summed E-state index contributed by atoms with van der Waals surface area (Å²) in [6.45, 7) is 6.03. The summed E-state index contributed by atoms with van der Waals surface area (Å²) in [6, 6.07) is 20.3. The van der Waals surface area contributed by atoms with Crippen molar-refractivity contribution in [3.05, 3.63) is 77.9 Å². The smallest absolute Gasteiger partial charge is 0.338 e. The van der Waals surface area contributed by atoms with E-state index in [1.165, 1.54) is 5.56 Å². The summed E-state index contributed by atoms with van der Waals surface area (Å²) in [5, 5.41) is 2.83. The molecule has 0 radical (unpaired) electrons. The molecule has 4 aromatic rings. The van der Waals surface area contributed by atoms with Crippen molar-refractivity contribution in [2.45, 2.75) is 39.2 Å². The number of hydrogen-bond donors (Lipinski definition) is 2. The summed E-state index contributed by atoms with van der Waals surface area (Å²) < 4.78 is 10.7. The summed E-state index contributed by atoms with van der Waals surface area (Å²) >= 11 is 0. The molecule has 1 amide bonds. The topological polar surface area (TPSA) is 93.3 Å². The number of rotatable bonds is 8. The Morgan fingerprint density at radius 1 is 1.00 bits per heavy atom. The maximum absolute atomic E-state index is 12.8. The Balaban J connectivity index is 1.45. The molecule has 0 saturated heterocycles. The van der Waals surface area contributed by atoms with E-state index in [0.29, 0.717) is 34.9 Å². The monoisotopic (exact) mass is 471 g/mol. The molecule has 0 fully saturated rings. The minimum absolute atomic E-state index is 0.343. The van der Waals surface area contributed by atoms with Crippen LogP contribution < -0.4 is 10.1 Å². The van der Waals surface area contributed by atoms with Gasteiger partial charge in [-0.2, -0.15) is 0 Å². The average Bonchev–Trinajstić information content (AvgIpc) is 3.31. The molecule has 0 spiro atoms. The zero-order valence-corrected chi connectivity index (χ0v) is 20.3. The highest BCUT2D eigenvalue weighted by atomic mass is 16.5. The van der Waals surface area contributed by atoms with Crippen molar-refractivity contribution in [1.82, 2.24) is 9.97 Å². The summed E-state index contributed by atoms with van der Waals surface area (Å²) in [7, 11) is 1.62. The lowest BCUT2D eigenvalue weighted by atomic mass is 10.0. The fourth-order valence-electron chi connectivity index (χ4n) is 3.72. The van der Waals surface area contributed by atoms with Gasteiger partial charge in [-0.1, -0.05) is 32.9 Å². The fourth-order valence-corrected chi connectivity index (χ4v) is 3.72. The van der Waals surface area contributed by atoms with Gasteiger partial charge in [-0.05, 0) is 72.5 Å². The van der Waals surface area contributed by atoms with Crippen molar-refractivity contribution in [1.29, 1.82) is 0 Å². The van der Waals surface area contributed by atoms with Crippen molar-refractivity contribution < 1.29 is 19.1 Å². The SMILES string of the molecule is CCC(OC(=O)c1ccc2nc(-c3ccc(OC)cc3)[nH]c2c1)C(=O)Nc1ccc(C(C)C)cc1. The van der Waals surface area contributed by atoms with E-state index in [9.17, 15) is 9.59 Å². The van der Waals surface area contributed by atoms with Gasteiger partial charge in [0.15, 0.2) is 6.10 Å². The maximum Gasteiger partial charge on any atom is 0.338 e. The van der Waals surface area contributed by atoms with E-state index < -0.39 is 12.1 Å². The highest BCUT2D eigenvalue weighted by molar-refractivity contribution is 5.99. The van der Waals surface area contributed by atoms with Crippen LogP contribution in [0.3, 0.4) is 0 Å². The molecule has 0 aliphatic heterocycles. The number of carbonyl (C=O) groups is 2. The molecule has 35 heavy (non-hydrogen) atoms. The second kappa shape index (κ2) is 10.4. The molecule has 0 bridgehead atoms. The molecule has 7 heteroatoms. The molecule has 1 unspecified atom stereocenters. The van der Waals surface area contributed by atoms with Crippen molar-refractivity contribution in [3.63, 3.8) is 0 Å². The van der Waals surface area contributed by atoms with E-state index in [-0.39, 0.29) is 5.91 Å². The third-order valence-corrected chi connectivity index (χ3v) is 5.84. The van der Waals surface area contributed by atoms with Gasteiger partial charge < -0.3 is 19.8 Å². The number of benzene rings is 3. The number of methoxy groups -OCH3 is 1. The van der Waals surface area contributed by atoms with Crippen molar-refractivity contribution in [2.24, 2.45) is 0 Å². The summed E-state index contributed by atoms with van der Waals surface area (Å²) in [6.07, 6.45) is -0.546. The van der Waals surface area contributed by atoms with E-state index in [4.69, 9.17) is 9.47 Å². The van der Waals surface area contributed by atoms with Crippen LogP contribution >= 0.6 is 0 Å².